The predicted molar refractivity (Wildman–Crippen MR) is 180 cm³/mol. The van der Waals surface area contributed by atoms with E-state index in [0.717, 1.165) is 73.8 Å². The molecule has 4 saturated carbocycles. The highest BCUT2D eigenvalue weighted by atomic mass is 32.2. The number of rotatable bonds is 15. The molecular formula is C38H69NO3S. The second-order valence-corrected chi connectivity index (χ2v) is 19.0. The van der Waals surface area contributed by atoms with Gasteiger partial charge >= 0.3 is 0 Å². The smallest absolute Gasteiger partial charge is 0.267 e. The van der Waals surface area contributed by atoms with E-state index in [2.05, 4.69) is 46.4 Å². The molecule has 9 atom stereocenters. The Morgan fingerprint density at radius 3 is 2.23 bits per heavy atom. The van der Waals surface area contributed by atoms with Crippen LogP contribution in [0, 0.1) is 52.3 Å². The van der Waals surface area contributed by atoms with Gasteiger partial charge in [0.1, 0.15) is 6.10 Å². The van der Waals surface area contributed by atoms with Crippen LogP contribution in [0.15, 0.2) is 0 Å². The molecule has 5 fully saturated rings. The van der Waals surface area contributed by atoms with Crippen LogP contribution in [-0.4, -0.2) is 44.3 Å². The summed E-state index contributed by atoms with van der Waals surface area (Å²) in [6.07, 6.45) is 23.5. The van der Waals surface area contributed by atoms with E-state index in [0.29, 0.717) is 16.9 Å². The van der Waals surface area contributed by atoms with Gasteiger partial charge in [0, 0.05) is 19.1 Å². The van der Waals surface area contributed by atoms with Gasteiger partial charge in [-0.05, 0) is 116 Å². The van der Waals surface area contributed by atoms with Crippen LogP contribution < -0.4 is 0 Å². The van der Waals surface area contributed by atoms with E-state index in [9.17, 15) is 8.42 Å². The van der Waals surface area contributed by atoms with E-state index in [4.69, 9.17) is 4.18 Å². The second kappa shape index (κ2) is 14.3. The quantitative estimate of drug-likeness (QED) is 0.135. The Morgan fingerprint density at radius 2 is 1.49 bits per heavy atom. The fraction of sp³-hybridized carbons (Fsp3) is 1.00. The SMILES string of the molecule is CCCCCCCCS(=O)(=O)OC1CN(C2CC[C@@]3(C)[C@@H](CC[C@@H]4[C@@H]3CC[C@]3(C)[C@@H]([C@H](C)CCCC(C)C)CC[C@@H]43)C2)C1. The van der Waals surface area contributed by atoms with E-state index >= 15 is 0 Å². The lowest BCUT2D eigenvalue weighted by molar-refractivity contribution is -0.132. The van der Waals surface area contributed by atoms with Crippen LogP contribution in [0.25, 0.3) is 0 Å². The minimum Gasteiger partial charge on any atom is -0.295 e. The van der Waals surface area contributed by atoms with Crippen molar-refractivity contribution in [1.82, 2.24) is 4.90 Å². The summed E-state index contributed by atoms with van der Waals surface area (Å²) >= 11 is 0. The Kier molecular flexibility index (Phi) is 11.4. The summed E-state index contributed by atoms with van der Waals surface area (Å²) in [5.74, 6) is 6.58. The van der Waals surface area contributed by atoms with Crippen LogP contribution in [-0.2, 0) is 14.3 Å². The highest BCUT2D eigenvalue weighted by Crippen LogP contribution is 2.68. The number of fused-ring (bicyclic) bond motifs is 5. The summed E-state index contributed by atoms with van der Waals surface area (Å²) < 4.78 is 30.8. The van der Waals surface area contributed by atoms with Gasteiger partial charge in [0.2, 0.25) is 0 Å². The number of hydrogen-bond donors (Lipinski definition) is 0. The Balaban J connectivity index is 1.09. The number of unbranched alkanes of at least 4 members (excludes halogenated alkanes) is 5. The van der Waals surface area contributed by atoms with E-state index in [-0.39, 0.29) is 11.9 Å². The molecule has 1 aliphatic heterocycles. The molecule has 43 heavy (non-hydrogen) atoms. The van der Waals surface area contributed by atoms with Crippen molar-refractivity contribution in [2.24, 2.45) is 52.3 Å². The third-order valence-corrected chi connectivity index (χ3v) is 15.6. The maximum absolute atomic E-state index is 12.6. The van der Waals surface area contributed by atoms with Crippen molar-refractivity contribution in [2.75, 3.05) is 18.8 Å². The fourth-order valence-electron chi connectivity index (χ4n) is 11.7. The van der Waals surface area contributed by atoms with Crippen molar-refractivity contribution < 1.29 is 12.6 Å². The second-order valence-electron chi connectivity index (χ2n) is 17.3. The third-order valence-electron chi connectivity index (χ3n) is 14.3. The molecule has 4 aliphatic carbocycles. The van der Waals surface area contributed by atoms with Gasteiger partial charge in [-0.3, -0.25) is 9.08 Å². The first-order chi connectivity index (χ1) is 20.5. The first kappa shape index (κ1) is 34.2. The molecule has 0 spiro atoms. The van der Waals surface area contributed by atoms with Gasteiger partial charge in [-0.1, -0.05) is 92.9 Å². The van der Waals surface area contributed by atoms with Crippen molar-refractivity contribution >= 4 is 10.1 Å². The molecule has 5 heteroatoms. The predicted octanol–water partition coefficient (Wildman–Crippen LogP) is 9.87. The van der Waals surface area contributed by atoms with Crippen LogP contribution >= 0.6 is 0 Å². The maximum atomic E-state index is 12.6. The molecule has 5 rings (SSSR count). The lowest BCUT2D eigenvalue weighted by Crippen LogP contribution is -2.61. The molecule has 0 aromatic rings. The standard InChI is InChI=1S/C38H69NO3S/c1-7-8-9-10-11-12-24-43(40,41)42-32-26-39(27-32)31-20-22-37(5)30(25-31)16-17-33-35-19-18-34(29(4)15-13-14-28(2)3)38(35,6)23-21-36(33)37/h28-36H,7-27H2,1-6H3/t29-,30+,31?,33+,34-,35+,36+,37+,38-/m1/s1. The van der Waals surface area contributed by atoms with E-state index in [1.807, 2.05) is 0 Å². The molecule has 4 nitrogen and oxygen atoms in total. The largest absolute Gasteiger partial charge is 0.295 e. The Hall–Kier alpha value is -0.130. The number of nitrogens with zero attached hydrogens (tertiary/aromatic N) is 1. The molecule has 1 saturated heterocycles. The lowest BCUT2D eigenvalue weighted by atomic mass is 9.44. The lowest BCUT2D eigenvalue weighted by Gasteiger charge is -2.62. The van der Waals surface area contributed by atoms with E-state index in [1.54, 1.807) is 0 Å². The third kappa shape index (κ3) is 7.55. The summed E-state index contributed by atoms with van der Waals surface area (Å²) in [7, 11) is -3.39. The zero-order chi connectivity index (χ0) is 30.8. The van der Waals surface area contributed by atoms with Crippen molar-refractivity contribution in [3.63, 3.8) is 0 Å². The van der Waals surface area contributed by atoms with Crippen molar-refractivity contribution in [2.45, 2.75) is 169 Å². The normalized spacial score (nSPS) is 39.2. The van der Waals surface area contributed by atoms with Gasteiger partial charge in [0.25, 0.3) is 10.1 Å². The summed E-state index contributed by atoms with van der Waals surface area (Å²) in [5, 5.41) is 0. The molecule has 0 aromatic heterocycles. The molecule has 0 aromatic carbocycles. The summed E-state index contributed by atoms with van der Waals surface area (Å²) in [4.78, 5) is 2.57. The molecule has 1 unspecified atom stereocenters. The Labute approximate surface area is 267 Å². The van der Waals surface area contributed by atoms with Gasteiger partial charge in [0.15, 0.2) is 0 Å². The average Bonchev–Trinajstić information content (AvgIpc) is 3.29. The average molecular weight is 620 g/mol. The Bertz CT molecular complexity index is 991. The zero-order valence-corrected chi connectivity index (χ0v) is 29.9. The van der Waals surface area contributed by atoms with Crippen molar-refractivity contribution in [3.05, 3.63) is 0 Å². The molecular weight excluding hydrogens is 550 g/mol. The van der Waals surface area contributed by atoms with Gasteiger partial charge in [0.05, 0.1) is 5.75 Å². The van der Waals surface area contributed by atoms with Crippen LogP contribution in [0.5, 0.6) is 0 Å². The topological polar surface area (TPSA) is 46.6 Å². The first-order valence-corrected chi connectivity index (χ1v) is 20.7. The monoisotopic (exact) mass is 619 g/mol. The Morgan fingerprint density at radius 1 is 0.791 bits per heavy atom. The maximum Gasteiger partial charge on any atom is 0.267 e. The molecule has 1 heterocycles. The first-order valence-electron chi connectivity index (χ1n) is 19.1. The highest BCUT2D eigenvalue weighted by molar-refractivity contribution is 7.86. The summed E-state index contributed by atoms with van der Waals surface area (Å²) in [6.45, 7) is 16.6. The van der Waals surface area contributed by atoms with Gasteiger partial charge in [-0.15, -0.1) is 0 Å². The van der Waals surface area contributed by atoms with Crippen molar-refractivity contribution in [1.29, 1.82) is 0 Å². The highest BCUT2D eigenvalue weighted by Gasteiger charge is 2.61. The zero-order valence-electron chi connectivity index (χ0n) is 29.1. The molecule has 0 radical (unpaired) electrons. The molecule has 250 valence electrons. The van der Waals surface area contributed by atoms with Crippen LogP contribution in [0.3, 0.4) is 0 Å². The van der Waals surface area contributed by atoms with Gasteiger partial charge in [-0.25, -0.2) is 0 Å². The number of likely N-dealkylation sites (tertiary alicyclic amines) is 1. The van der Waals surface area contributed by atoms with Gasteiger partial charge < -0.3 is 0 Å². The fourth-order valence-corrected chi connectivity index (χ4v) is 12.9. The molecule has 0 amide bonds. The van der Waals surface area contributed by atoms with E-state index < -0.39 is 10.1 Å². The van der Waals surface area contributed by atoms with E-state index in [1.165, 1.54) is 96.3 Å². The minimum absolute atomic E-state index is 0.117. The number of hydrogen-bond acceptors (Lipinski definition) is 4. The van der Waals surface area contributed by atoms with Gasteiger partial charge in [-0.2, -0.15) is 8.42 Å². The minimum atomic E-state index is -3.39. The summed E-state index contributed by atoms with van der Waals surface area (Å²) in [5.41, 5.74) is 1.10. The molecule has 0 N–H and O–H groups in total. The van der Waals surface area contributed by atoms with Crippen LogP contribution in [0.1, 0.15) is 157 Å². The molecule has 0 bridgehead atoms. The summed E-state index contributed by atoms with van der Waals surface area (Å²) in [6, 6.07) is 0.632. The van der Waals surface area contributed by atoms with Crippen LogP contribution in [0.2, 0.25) is 0 Å². The van der Waals surface area contributed by atoms with Crippen molar-refractivity contribution in [3.8, 4) is 0 Å². The molecule has 5 aliphatic rings. The van der Waals surface area contributed by atoms with Crippen LogP contribution in [0.4, 0.5) is 0 Å².